The third-order valence-corrected chi connectivity index (χ3v) is 6.20. The van der Waals surface area contributed by atoms with E-state index in [4.69, 9.17) is 9.97 Å². The van der Waals surface area contributed by atoms with Crippen LogP contribution in [-0.2, 0) is 7.05 Å². The van der Waals surface area contributed by atoms with Gasteiger partial charge in [-0.15, -0.1) is 0 Å². The minimum atomic E-state index is -0.195. The van der Waals surface area contributed by atoms with Crippen LogP contribution in [0.2, 0.25) is 0 Å². The van der Waals surface area contributed by atoms with E-state index in [0.717, 1.165) is 58.9 Å². The molecule has 10 heteroatoms. The van der Waals surface area contributed by atoms with E-state index in [1.807, 2.05) is 44.7 Å². The largest absolute Gasteiger partial charge is 0.393 e. The quantitative estimate of drug-likeness (QED) is 0.451. The molecule has 1 aliphatic carbocycles. The summed E-state index contributed by atoms with van der Waals surface area (Å²) in [5.74, 6) is 1.31. The summed E-state index contributed by atoms with van der Waals surface area (Å²) in [5.41, 5.74) is 3.68. The predicted molar refractivity (Wildman–Crippen MR) is 118 cm³/mol. The summed E-state index contributed by atoms with van der Waals surface area (Å²) in [6.45, 7) is 1.96. The van der Waals surface area contributed by atoms with Crippen LogP contribution in [0.3, 0.4) is 0 Å². The maximum absolute atomic E-state index is 9.86. The molecule has 0 radical (unpaired) electrons. The molecule has 0 aliphatic heterocycles. The number of aliphatic hydroxyl groups excluding tert-OH is 1. The van der Waals surface area contributed by atoms with Gasteiger partial charge in [-0.1, -0.05) is 0 Å². The molecule has 1 saturated carbocycles. The van der Waals surface area contributed by atoms with Gasteiger partial charge in [0.2, 0.25) is 5.95 Å². The molecule has 0 unspecified atom stereocenters. The molecule has 1 aliphatic rings. The van der Waals surface area contributed by atoms with Crippen LogP contribution in [0.1, 0.15) is 31.4 Å². The van der Waals surface area contributed by atoms with Crippen molar-refractivity contribution in [2.75, 3.05) is 10.6 Å². The van der Waals surface area contributed by atoms with Crippen LogP contribution in [0, 0.1) is 6.92 Å². The lowest BCUT2D eigenvalue weighted by molar-refractivity contribution is 0.126. The molecule has 4 aromatic heterocycles. The monoisotopic (exact) mass is 424 g/mol. The molecule has 30 heavy (non-hydrogen) atoms. The highest BCUT2D eigenvalue weighted by Crippen LogP contribution is 2.30. The Morgan fingerprint density at radius 1 is 1.20 bits per heavy atom. The summed E-state index contributed by atoms with van der Waals surface area (Å²) in [4.78, 5) is 9.55. The smallest absolute Gasteiger partial charge is 0.230 e. The zero-order valence-corrected chi connectivity index (χ0v) is 17.7. The van der Waals surface area contributed by atoms with Crippen LogP contribution in [0.15, 0.2) is 30.7 Å². The van der Waals surface area contributed by atoms with Crippen LogP contribution < -0.4 is 10.6 Å². The zero-order valence-electron chi connectivity index (χ0n) is 16.9. The van der Waals surface area contributed by atoms with Crippen molar-refractivity contribution in [1.29, 1.82) is 0 Å². The van der Waals surface area contributed by atoms with Gasteiger partial charge >= 0.3 is 0 Å². The molecule has 9 nitrogen and oxygen atoms in total. The molecule has 3 N–H and O–H groups in total. The molecule has 0 saturated heterocycles. The molecule has 4 aromatic rings. The molecular formula is C20H24N8OS. The van der Waals surface area contributed by atoms with Crippen molar-refractivity contribution < 1.29 is 5.11 Å². The SMILES string of the molecule is Cc1cc(Nc2nc(NC3CCC(O)CC3)c3c(ccn3-c3cnn(C)c3)n2)sn1. The van der Waals surface area contributed by atoms with E-state index in [9.17, 15) is 5.11 Å². The van der Waals surface area contributed by atoms with Crippen LogP contribution in [0.5, 0.6) is 0 Å². The maximum atomic E-state index is 9.86. The van der Waals surface area contributed by atoms with Crippen LogP contribution >= 0.6 is 11.5 Å². The first-order valence-corrected chi connectivity index (χ1v) is 10.9. The summed E-state index contributed by atoms with van der Waals surface area (Å²) in [6.07, 6.45) is 9.03. The second-order valence-corrected chi connectivity index (χ2v) is 8.60. The van der Waals surface area contributed by atoms with Crippen LogP contribution in [0.25, 0.3) is 16.7 Å². The van der Waals surface area contributed by atoms with Crippen LogP contribution in [-0.4, -0.2) is 45.9 Å². The Kier molecular flexibility index (Phi) is 4.87. The fourth-order valence-electron chi connectivity index (χ4n) is 3.90. The average molecular weight is 425 g/mol. The first-order chi connectivity index (χ1) is 14.5. The number of nitrogens with zero attached hydrogens (tertiary/aromatic N) is 6. The van der Waals surface area contributed by atoms with Gasteiger partial charge in [-0.2, -0.15) is 14.5 Å². The highest BCUT2D eigenvalue weighted by molar-refractivity contribution is 7.10. The number of aryl methyl sites for hydroxylation is 2. The molecule has 4 heterocycles. The zero-order chi connectivity index (χ0) is 20.7. The van der Waals surface area contributed by atoms with E-state index in [1.54, 1.807) is 4.68 Å². The van der Waals surface area contributed by atoms with Gasteiger partial charge in [-0.3, -0.25) is 4.68 Å². The topological polar surface area (TPSA) is 106 Å². The van der Waals surface area contributed by atoms with E-state index in [0.29, 0.717) is 5.95 Å². The summed E-state index contributed by atoms with van der Waals surface area (Å²) in [7, 11) is 1.90. The highest BCUT2D eigenvalue weighted by Gasteiger charge is 2.22. The predicted octanol–water partition coefficient (Wildman–Crippen LogP) is 3.38. The Morgan fingerprint density at radius 3 is 2.73 bits per heavy atom. The normalized spacial score (nSPS) is 19.3. The van der Waals surface area contributed by atoms with Gasteiger partial charge in [0, 0.05) is 25.5 Å². The molecule has 0 aromatic carbocycles. The van der Waals surface area contributed by atoms with Crippen molar-refractivity contribution in [3.63, 3.8) is 0 Å². The number of hydrogen-bond acceptors (Lipinski definition) is 8. The third-order valence-electron chi connectivity index (χ3n) is 5.40. The fraction of sp³-hybridized carbons (Fsp3) is 0.400. The van der Waals surface area contributed by atoms with E-state index >= 15 is 0 Å². The van der Waals surface area contributed by atoms with Gasteiger partial charge in [0.05, 0.1) is 29.2 Å². The van der Waals surface area contributed by atoms with E-state index in [1.165, 1.54) is 11.5 Å². The molecule has 0 amide bonds. The van der Waals surface area contributed by atoms with Crippen molar-refractivity contribution in [2.24, 2.45) is 7.05 Å². The van der Waals surface area contributed by atoms with Gasteiger partial charge < -0.3 is 20.3 Å². The number of aromatic nitrogens is 6. The second-order valence-electron chi connectivity index (χ2n) is 7.79. The van der Waals surface area contributed by atoms with Crippen molar-refractivity contribution in [3.8, 4) is 5.69 Å². The number of aliphatic hydroxyl groups is 1. The molecule has 5 rings (SSSR count). The third kappa shape index (κ3) is 3.75. The fourth-order valence-corrected chi connectivity index (χ4v) is 4.55. The molecule has 156 valence electrons. The summed E-state index contributed by atoms with van der Waals surface area (Å²) >= 11 is 1.39. The lowest BCUT2D eigenvalue weighted by Gasteiger charge is -2.27. The van der Waals surface area contributed by atoms with Crippen LogP contribution in [0.4, 0.5) is 16.8 Å². The first kappa shape index (κ1) is 19.0. The molecule has 1 fully saturated rings. The number of anilines is 3. The molecule has 0 spiro atoms. The Bertz CT molecular complexity index is 1170. The van der Waals surface area contributed by atoms with Crippen molar-refractivity contribution in [3.05, 3.63) is 36.4 Å². The Morgan fingerprint density at radius 2 is 2.03 bits per heavy atom. The maximum Gasteiger partial charge on any atom is 0.230 e. The van der Waals surface area contributed by atoms with Gasteiger partial charge in [-0.05, 0) is 56.3 Å². The lowest BCUT2D eigenvalue weighted by Crippen LogP contribution is -2.28. The Balaban J connectivity index is 1.55. The number of nitrogens with one attached hydrogen (secondary N) is 2. The first-order valence-electron chi connectivity index (χ1n) is 10.1. The van der Waals surface area contributed by atoms with Crippen molar-refractivity contribution in [1.82, 2.24) is 28.7 Å². The summed E-state index contributed by atoms with van der Waals surface area (Å²) in [6, 6.07) is 4.24. The van der Waals surface area contributed by atoms with Crippen molar-refractivity contribution >= 4 is 39.3 Å². The number of fused-ring (bicyclic) bond motifs is 1. The summed E-state index contributed by atoms with van der Waals surface area (Å²) < 4.78 is 8.15. The van der Waals surface area contributed by atoms with Gasteiger partial charge in [0.15, 0.2) is 5.82 Å². The van der Waals surface area contributed by atoms with E-state index in [-0.39, 0.29) is 12.1 Å². The van der Waals surface area contributed by atoms with E-state index in [2.05, 4.69) is 24.7 Å². The minimum absolute atomic E-state index is 0.195. The number of rotatable bonds is 5. The molecule has 0 atom stereocenters. The Hall–Kier alpha value is -2.98. The van der Waals surface area contributed by atoms with Gasteiger partial charge in [-0.25, -0.2) is 4.98 Å². The standard InChI is InChI=1S/C20H24N8OS/c1-12-9-17(30-26-12)24-20-23-16-7-8-28(14-10-21-27(2)11-14)18(16)19(25-20)22-13-3-5-15(29)6-4-13/h7-11,13,15,29H,3-6H2,1-2H3,(H2,22,23,24,25). The molecule has 0 bridgehead atoms. The van der Waals surface area contributed by atoms with E-state index < -0.39 is 0 Å². The van der Waals surface area contributed by atoms with Crippen molar-refractivity contribution in [2.45, 2.75) is 44.8 Å². The Labute approximate surface area is 178 Å². The highest BCUT2D eigenvalue weighted by atomic mass is 32.1. The number of hydrogen-bond donors (Lipinski definition) is 3. The average Bonchev–Trinajstić information content (AvgIpc) is 3.44. The van der Waals surface area contributed by atoms with Gasteiger partial charge in [0.25, 0.3) is 0 Å². The summed E-state index contributed by atoms with van der Waals surface area (Å²) in [5, 5.41) is 22.0. The van der Waals surface area contributed by atoms with Gasteiger partial charge in [0.1, 0.15) is 10.5 Å². The minimum Gasteiger partial charge on any atom is -0.393 e. The lowest BCUT2D eigenvalue weighted by atomic mass is 9.93. The molecular weight excluding hydrogens is 400 g/mol. The second kappa shape index (κ2) is 7.69.